The second-order valence-corrected chi connectivity index (χ2v) is 7.25. The zero-order valence-corrected chi connectivity index (χ0v) is 15.9. The van der Waals surface area contributed by atoms with Crippen molar-refractivity contribution in [2.24, 2.45) is 16.8 Å². The lowest BCUT2D eigenvalue weighted by Gasteiger charge is -2.32. The third kappa shape index (κ3) is 9.16. The third-order valence-electron chi connectivity index (χ3n) is 4.66. The molecule has 1 rings (SSSR count). The molecule has 1 aliphatic rings. The first-order valence-electron chi connectivity index (χ1n) is 9.23. The molecular weight excluding hydrogens is 288 g/mol. The van der Waals surface area contributed by atoms with Crippen LogP contribution in [0.1, 0.15) is 46.5 Å². The van der Waals surface area contributed by atoms with Crippen molar-refractivity contribution in [3.05, 3.63) is 0 Å². The van der Waals surface area contributed by atoms with Crippen molar-refractivity contribution in [3.8, 4) is 0 Å². The van der Waals surface area contributed by atoms with Gasteiger partial charge in [0.25, 0.3) is 0 Å². The van der Waals surface area contributed by atoms with Crippen LogP contribution in [0.25, 0.3) is 0 Å². The van der Waals surface area contributed by atoms with Gasteiger partial charge in [-0.1, -0.05) is 13.8 Å². The maximum absolute atomic E-state index is 5.16. The Bertz CT molecular complexity index is 325. The van der Waals surface area contributed by atoms with Crippen molar-refractivity contribution >= 4 is 5.96 Å². The van der Waals surface area contributed by atoms with Crippen molar-refractivity contribution in [1.29, 1.82) is 0 Å². The van der Waals surface area contributed by atoms with Crippen LogP contribution in [0.15, 0.2) is 4.99 Å². The summed E-state index contributed by atoms with van der Waals surface area (Å²) >= 11 is 0. The minimum absolute atomic E-state index is 0.472. The van der Waals surface area contributed by atoms with Crippen molar-refractivity contribution < 1.29 is 4.74 Å². The fourth-order valence-corrected chi connectivity index (χ4v) is 2.96. The number of hydrogen-bond donors (Lipinski definition) is 2. The van der Waals surface area contributed by atoms with Crippen molar-refractivity contribution in [3.63, 3.8) is 0 Å². The third-order valence-corrected chi connectivity index (χ3v) is 4.66. The molecule has 1 fully saturated rings. The van der Waals surface area contributed by atoms with E-state index in [1.807, 2.05) is 7.05 Å². The van der Waals surface area contributed by atoms with Crippen LogP contribution in [-0.4, -0.2) is 63.8 Å². The monoisotopic (exact) mass is 326 g/mol. The van der Waals surface area contributed by atoms with E-state index in [0.717, 1.165) is 37.5 Å². The Morgan fingerprint density at radius 1 is 1.22 bits per heavy atom. The van der Waals surface area contributed by atoms with E-state index in [0.29, 0.717) is 6.04 Å². The van der Waals surface area contributed by atoms with Crippen LogP contribution in [0.3, 0.4) is 0 Å². The number of nitrogens with one attached hydrogen (secondary N) is 2. The summed E-state index contributed by atoms with van der Waals surface area (Å²) in [7, 11) is 3.63. The summed E-state index contributed by atoms with van der Waals surface area (Å²) in [4.78, 5) is 6.86. The van der Waals surface area contributed by atoms with Gasteiger partial charge in [-0.25, -0.2) is 0 Å². The molecule has 0 spiro atoms. The molecule has 136 valence electrons. The van der Waals surface area contributed by atoms with Crippen LogP contribution in [-0.2, 0) is 4.74 Å². The number of rotatable bonds is 9. The maximum atomic E-state index is 5.16. The number of hydrogen-bond acceptors (Lipinski definition) is 3. The minimum atomic E-state index is 0.472. The summed E-state index contributed by atoms with van der Waals surface area (Å²) in [6.07, 6.45) is 4.97. The lowest BCUT2D eigenvalue weighted by atomic mass is 9.97. The summed E-state index contributed by atoms with van der Waals surface area (Å²) in [5.41, 5.74) is 0. The summed E-state index contributed by atoms with van der Waals surface area (Å²) in [6.45, 7) is 12.1. The number of guanidine groups is 1. The fourth-order valence-electron chi connectivity index (χ4n) is 2.96. The Balaban J connectivity index is 2.20. The van der Waals surface area contributed by atoms with Crippen LogP contribution in [0.5, 0.6) is 0 Å². The Hall–Kier alpha value is -0.810. The highest BCUT2D eigenvalue weighted by Crippen LogP contribution is 2.16. The largest absolute Gasteiger partial charge is 0.383 e. The summed E-state index contributed by atoms with van der Waals surface area (Å²) in [5, 5.41) is 7.02. The molecule has 0 aromatic carbocycles. The molecule has 5 heteroatoms. The van der Waals surface area contributed by atoms with Gasteiger partial charge in [0.2, 0.25) is 0 Å². The summed E-state index contributed by atoms with van der Waals surface area (Å²) in [6, 6.07) is 0.472. The lowest BCUT2D eigenvalue weighted by Crippen LogP contribution is -2.45. The van der Waals surface area contributed by atoms with Gasteiger partial charge in [-0.3, -0.25) is 4.99 Å². The van der Waals surface area contributed by atoms with Gasteiger partial charge in [0.1, 0.15) is 0 Å². The number of aliphatic imine (C=N–C) groups is 1. The average Bonchev–Trinajstić information content (AvgIpc) is 2.55. The Morgan fingerprint density at radius 2 is 1.91 bits per heavy atom. The van der Waals surface area contributed by atoms with Crippen molar-refractivity contribution in [2.45, 2.75) is 52.5 Å². The van der Waals surface area contributed by atoms with E-state index >= 15 is 0 Å². The number of likely N-dealkylation sites (tertiary alicyclic amines) is 1. The zero-order chi connectivity index (χ0) is 17.1. The molecule has 1 aliphatic heterocycles. The molecule has 0 saturated carbocycles. The molecule has 23 heavy (non-hydrogen) atoms. The lowest BCUT2D eigenvalue weighted by molar-refractivity contribution is 0.121. The first kappa shape index (κ1) is 20.2. The second-order valence-electron chi connectivity index (χ2n) is 7.25. The highest BCUT2D eigenvalue weighted by atomic mass is 16.5. The van der Waals surface area contributed by atoms with Crippen molar-refractivity contribution in [1.82, 2.24) is 15.5 Å². The zero-order valence-electron chi connectivity index (χ0n) is 15.9. The van der Waals surface area contributed by atoms with Gasteiger partial charge in [-0.15, -0.1) is 0 Å². The summed E-state index contributed by atoms with van der Waals surface area (Å²) < 4.78 is 5.16. The number of piperidine rings is 1. The second kappa shape index (κ2) is 11.7. The van der Waals surface area contributed by atoms with E-state index < -0.39 is 0 Å². The van der Waals surface area contributed by atoms with Gasteiger partial charge in [0, 0.05) is 33.3 Å². The first-order chi connectivity index (χ1) is 11.0. The highest BCUT2D eigenvalue weighted by Gasteiger charge is 2.19. The molecule has 0 radical (unpaired) electrons. The summed E-state index contributed by atoms with van der Waals surface area (Å²) in [5.74, 6) is 2.46. The van der Waals surface area contributed by atoms with Crippen LogP contribution < -0.4 is 10.6 Å². The molecule has 2 N–H and O–H groups in total. The Labute approximate surface area is 143 Å². The molecule has 5 nitrogen and oxygen atoms in total. The van der Waals surface area contributed by atoms with Gasteiger partial charge < -0.3 is 20.3 Å². The van der Waals surface area contributed by atoms with Gasteiger partial charge in [-0.05, 0) is 57.5 Å². The minimum Gasteiger partial charge on any atom is -0.383 e. The van der Waals surface area contributed by atoms with E-state index in [1.54, 1.807) is 7.11 Å². The quantitative estimate of drug-likeness (QED) is 0.504. The van der Waals surface area contributed by atoms with Crippen LogP contribution in [0, 0.1) is 11.8 Å². The molecule has 0 aromatic rings. The van der Waals surface area contributed by atoms with Gasteiger partial charge in [0.15, 0.2) is 5.96 Å². The molecule has 0 aromatic heterocycles. The number of ether oxygens (including phenoxy) is 1. The number of methoxy groups -OCH3 is 1. The van der Waals surface area contributed by atoms with Gasteiger partial charge in [0.05, 0.1) is 6.61 Å². The molecule has 0 aliphatic carbocycles. The van der Waals surface area contributed by atoms with E-state index in [2.05, 4.69) is 41.3 Å². The fraction of sp³-hybridized carbons (Fsp3) is 0.944. The molecule has 1 saturated heterocycles. The smallest absolute Gasteiger partial charge is 0.191 e. The molecular formula is C18H38N4O. The normalized spacial score (nSPS) is 19.1. The Morgan fingerprint density at radius 3 is 2.48 bits per heavy atom. The van der Waals surface area contributed by atoms with E-state index in [1.165, 1.54) is 38.8 Å². The predicted octanol–water partition coefficient (Wildman–Crippen LogP) is 2.33. The first-order valence-corrected chi connectivity index (χ1v) is 9.23. The molecule has 1 heterocycles. The van der Waals surface area contributed by atoms with Gasteiger partial charge >= 0.3 is 0 Å². The maximum Gasteiger partial charge on any atom is 0.191 e. The standard InChI is InChI=1S/C18H38N4O/c1-15(2)6-7-16(3)21-18(19-4)20-14-17-8-10-22(11-9-17)12-13-23-5/h15-17H,6-14H2,1-5H3,(H2,19,20,21). The van der Waals surface area contributed by atoms with E-state index in [4.69, 9.17) is 4.74 Å². The van der Waals surface area contributed by atoms with Gasteiger partial charge in [-0.2, -0.15) is 0 Å². The van der Waals surface area contributed by atoms with E-state index in [-0.39, 0.29) is 0 Å². The highest BCUT2D eigenvalue weighted by molar-refractivity contribution is 5.79. The SMILES string of the molecule is CN=C(NCC1CCN(CCOC)CC1)NC(C)CCC(C)C. The molecule has 0 amide bonds. The van der Waals surface area contributed by atoms with E-state index in [9.17, 15) is 0 Å². The Kier molecular flexibility index (Phi) is 10.3. The van der Waals surface area contributed by atoms with Crippen molar-refractivity contribution in [2.75, 3.05) is 46.9 Å². The van der Waals surface area contributed by atoms with Crippen LogP contribution >= 0.6 is 0 Å². The topological polar surface area (TPSA) is 48.9 Å². The molecule has 1 atom stereocenters. The number of nitrogens with zero attached hydrogens (tertiary/aromatic N) is 2. The van der Waals surface area contributed by atoms with Crippen LogP contribution in [0.2, 0.25) is 0 Å². The molecule has 0 bridgehead atoms. The van der Waals surface area contributed by atoms with Crippen LogP contribution in [0.4, 0.5) is 0 Å². The molecule has 1 unspecified atom stereocenters. The average molecular weight is 327 g/mol. The predicted molar refractivity (Wildman–Crippen MR) is 99.1 cm³/mol.